The number of amides is 2. The van der Waals surface area contributed by atoms with Crippen molar-refractivity contribution < 1.29 is 14.3 Å². The molecule has 0 aliphatic rings. The first-order valence-electron chi connectivity index (χ1n) is 7.43. The van der Waals surface area contributed by atoms with Gasteiger partial charge < -0.3 is 4.74 Å². The van der Waals surface area contributed by atoms with Crippen LogP contribution in [0.15, 0.2) is 60.8 Å². The third-order valence-electron chi connectivity index (χ3n) is 3.37. The molecule has 0 radical (unpaired) electrons. The van der Waals surface area contributed by atoms with E-state index in [0.717, 1.165) is 10.6 Å². The Kier molecular flexibility index (Phi) is 5.06. The van der Waals surface area contributed by atoms with Crippen LogP contribution in [0.1, 0.15) is 20.0 Å². The minimum Gasteiger partial charge on any atom is -0.497 e. The number of hydrazine groups is 1. The van der Waals surface area contributed by atoms with Crippen LogP contribution in [0.5, 0.6) is 5.75 Å². The molecular formula is C18H15N3O3S. The topological polar surface area (TPSA) is 80.3 Å². The summed E-state index contributed by atoms with van der Waals surface area (Å²) in [5, 5.41) is 0. The van der Waals surface area contributed by atoms with E-state index >= 15 is 0 Å². The molecule has 0 spiro atoms. The number of aromatic nitrogens is 1. The lowest BCUT2D eigenvalue weighted by Gasteiger charge is -2.07. The number of carbonyl (C=O) groups excluding carboxylic acids is 2. The maximum Gasteiger partial charge on any atom is 0.279 e. The van der Waals surface area contributed by atoms with E-state index in [4.69, 9.17) is 4.74 Å². The monoisotopic (exact) mass is 353 g/mol. The number of benzene rings is 1. The van der Waals surface area contributed by atoms with Crippen LogP contribution < -0.4 is 15.6 Å². The fourth-order valence-corrected chi connectivity index (χ4v) is 3.00. The molecule has 2 heterocycles. The van der Waals surface area contributed by atoms with Crippen LogP contribution >= 0.6 is 11.3 Å². The minimum absolute atomic E-state index is 0.386. The van der Waals surface area contributed by atoms with Crippen molar-refractivity contribution in [1.82, 2.24) is 15.8 Å². The van der Waals surface area contributed by atoms with E-state index in [-0.39, 0.29) is 5.91 Å². The van der Waals surface area contributed by atoms with Crippen molar-refractivity contribution in [3.63, 3.8) is 0 Å². The molecule has 126 valence electrons. The predicted molar refractivity (Wildman–Crippen MR) is 95.5 cm³/mol. The van der Waals surface area contributed by atoms with Crippen LogP contribution in [0.4, 0.5) is 0 Å². The molecule has 2 amide bonds. The Morgan fingerprint density at radius 1 is 1.00 bits per heavy atom. The number of ether oxygens (including phenoxy) is 1. The van der Waals surface area contributed by atoms with Crippen molar-refractivity contribution in [1.29, 1.82) is 0 Å². The summed E-state index contributed by atoms with van der Waals surface area (Å²) in [6.45, 7) is 0. The quantitative estimate of drug-likeness (QED) is 0.707. The zero-order valence-corrected chi connectivity index (χ0v) is 14.2. The van der Waals surface area contributed by atoms with Gasteiger partial charge in [-0.1, -0.05) is 12.1 Å². The Labute approximate surface area is 148 Å². The smallest absolute Gasteiger partial charge is 0.279 e. The van der Waals surface area contributed by atoms with Crippen molar-refractivity contribution in [3.05, 3.63) is 71.2 Å². The van der Waals surface area contributed by atoms with Crippen molar-refractivity contribution in [2.45, 2.75) is 0 Å². The Balaban J connectivity index is 1.63. The lowest BCUT2D eigenvalue weighted by Crippen LogP contribution is -2.41. The SMILES string of the molecule is COc1cccc(C(=O)NNC(=O)c2ccc(-c3ccccn3)s2)c1. The molecule has 0 unspecified atom stereocenters. The van der Waals surface area contributed by atoms with Gasteiger partial charge in [-0.05, 0) is 42.5 Å². The summed E-state index contributed by atoms with van der Waals surface area (Å²) in [7, 11) is 1.52. The average molecular weight is 353 g/mol. The summed E-state index contributed by atoms with van der Waals surface area (Å²) >= 11 is 1.30. The van der Waals surface area contributed by atoms with Crippen molar-refractivity contribution >= 4 is 23.2 Å². The van der Waals surface area contributed by atoms with E-state index in [1.165, 1.54) is 18.4 Å². The fraction of sp³-hybridized carbons (Fsp3) is 0.0556. The first kappa shape index (κ1) is 16.7. The summed E-state index contributed by atoms with van der Waals surface area (Å²) < 4.78 is 5.07. The maximum absolute atomic E-state index is 12.2. The molecule has 0 saturated carbocycles. The number of methoxy groups -OCH3 is 1. The zero-order valence-electron chi connectivity index (χ0n) is 13.4. The Bertz CT molecular complexity index is 893. The van der Waals surface area contributed by atoms with E-state index in [1.807, 2.05) is 24.3 Å². The second-order valence-corrected chi connectivity index (χ2v) is 6.10. The Morgan fingerprint density at radius 2 is 1.84 bits per heavy atom. The Hall–Kier alpha value is -3.19. The number of thiophene rings is 1. The van der Waals surface area contributed by atoms with Crippen LogP contribution in [-0.4, -0.2) is 23.9 Å². The number of carbonyl (C=O) groups is 2. The van der Waals surface area contributed by atoms with Gasteiger partial charge in [-0.25, -0.2) is 0 Å². The zero-order chi connectivity index (χ0) is 17.6. The summed E-state index contributed by atoms with van der Waals surface area (Å²) in [5.41, 5.74) is 5.99. The van der Waals surface area contributed by atoms with Gasteiger partial charge in [-0.3, -0.25) is 25.4 Å². The second-order valence-electron chi connectivity index (χ2n) is 5.02. The summed E-state index contributed by atoms with van der Waals surface area (Å²) in [4.78, 5) is 29.9. The Morgan fingerprint density at radius 3 is 2.60 bits per heavy atom. The number of nitrogens with one attached hydrogen (secondary N) is 2. The summed E-state index contributed by atoms with van der Waals surface area (Å²) in [6.07, 6.45) is 1.70. The van der Waals surface area contributed by atoms with Gasteiger partial charge in [0.1, 0.15) is 5.75 Å². The van der Waals surface area contributed by atoms with Crippen LogP contribution in [0.2, 0.25) is 0 Å². The first-order valence-corrected chi connectivity index (χ1v) is 8.25. The van der Waals surface area contributed by atoms with Crippen LogP contribution in [0.3, 0.4) is 0 Å². The number of nitrogens with zero attached hydrogens (tertiary/aromatic N) is 1. The van der Waals surface area contributed by atoms with E-state index in [9.17, 15) is 9.59 Å². The highest BCUT2D eigenvalue weighted by molar-refractivity contribution is 7.17. The van der Waals surface area contributed by atoms with Gasteiger partial charge in [0.05, 0.1) is 22.6 Å². The number of hydrogen-bond donors (Lipinski definition) is 2. The fourth-order valence-electron chi connectivity index (χ4n) is 2.12. The molecule has 0 aliphatic carbocycles. The maximum atomic E-state index is 12.2. The summed E-state index contributed by atoms with van der Waals surface area (Å²) in [5.74, 6) is -0.241. The molecule has 6 nitrogen and oxygen atoms in total. The van der Waals surface area contributed by atoms with Gasteiger partial charge in [0.25, 0.3) is 11.8 Å². The molecule has 3 rings (SSSR count). The molecule has 0 saturated heterocycles. The summed E-state index contributed by atoms with van der Waals surface area (Å²) in [6, 6.07) is 15.8. The molecular weight excluding hydrogens is 338 g/mol. The van der Waals surface area contributed by atoms with E-state index in [0.29, 0.717) is 16.2 Å². The van der Waals surface area contributed by atoms with Gasteiger partial charge in [0.2, 0.25) is 0 Å². The third kappa shape index (κ3) is 4.02. The molecule has 0 aliphatic heterocycles. The van der Waals surface area contributed by atoms with Crippen molar-refractivity contribution in [2.75, 3.05) is 7.11 Å². The van der Waals surface area contributed by atoms with Crippen molar-refractivity contribution in [3.8, 4) is 16.3 Å². The molecule has 2 aromatic heterocycles. The second kappa shape index (κ2) is 7.59. The highest BCUT2D eigenvalue weighted by Gasteiger charge is 2.13. The van der Waals surface area contributed by atoms with Gasteiger partial charge in [0, 0.05) is 11.8 Å². The van der Waals surface area contributed by atoms with E-state index in [1.54, 1.807) is 36.5 Å². The highest BCUT2D eigenvalue weighted by atomic mass is 32.1. The standard InChI is InChI=1S/C18H15N3O3S/c1-24-13-6-4-5-12(11-13)17(22)20-21-18(23)16-9-8-15(25-16)14-7-2-3-10-19-14/h2-11H,1H3,(H,20,22)(H,21,23). The molecule has 0 atom stereocenters. The molecule has 1 aromatic carbocycles. The average Bonchev–Trinajstić information content (AvgIpc) is 3.17. The van der Waals surface area contributed by atoms with Crippen LogP contribution in [-0.2, 0) is 0 Å². The van der Waals surface area contributed by atoms with Crippen molar-refractivity contribution in [2.24, 2.45) is 0 Å². The first-order chi connectivity index (χ1) is 12.2. The van der Waals surface area contributed by atoms with Gasteiger partial charge >= 0.3 is 0 Å². The third-order valence-corrected chi connectivity index (χ3v) is 4.48. The molecule has 3 aromatic rings. The van der Waals surface area contributed by atoms with Gasteiger partial charge in [-0.2, -0.15) is 0 Å². The van der Waals surface area contributed by atoms with Crippen LogP contribution in [0.25, 0.3) is 10.6 Å². The molecule has 0 bridgehead atoms. The van der Waals surface area contributed by atoms with Crippen LogP contribution in [0, 0.1) is 0 Å². The predicted octanol–water partition coefficient (Wildman–Crippen LogP) is 2.89. The molecule has 0 fully saturated rings. The molecule has 7 heteroatoms. The van der Waals surface area contributed by atoms with Gasteiger partial charge in [-0.15, -0.1) is 11.3 Å². The van der Waals surface area contributed by atoms with E-state index < -0.39 is 5.91 Å². The minimum atomic E-state index is -0.422. The number of rotatable bonds is 4. The highest BCUT2D eigenvalue weighted by Crippen LogP contribution is 2.26. The number of hydrogen-bond acceptors (Lipinski definition) is 5. The lowest BCUT2D eigenvalue weighted by molar-refractivity contribution is 0.0849. The number of pyridine rings is 1. The van der Waals surface area contributed by atoms with E-state index in [2.05, 4.69) is 15.8 Å². The lowest BCUT2D eigenvalue weighted by atomic mass is 10.2. The van der Waals surface area contributed by atoms with Gasteiger partial charge in [0.15, 0.2) is 0 Å². The normalized spacial score (nSPS) is 10.1. The largest absolute Gasteiger partial charge is 0.497 e. The molecule has 2 N–H and O–H groups in total. The molecule has 25 heavy (non-hydrogen) atoms.